The van der Waals surface area contributed by atoms with Gasteiger partial charge in [0.05, 0.1) is 12.3 Å². The van der Waals surface area contributed by atoms with Crippen LogP contribution in [0.1, 0.15) is 19.8 Å². The van der Waals surface area contributed by atoms with Gasteiger partial charge in [0.25, 0.3) is 0 Å². The van der Waals surface area contributed by atoms with Crippen LogP contribution in [-0.4, -0.2) is 46.8 Å². The number of hydrogen-bond acceptors (Lipinski definition) is 4. The molecule has 4 nitrogen and oxygen atoms in total. The van der Waals surface area contributed by atoms with E-state index < -0.39 is 0 Å². The Kier molecular flexibility index (Phi) is 4.34. The maximum atomic E-state index is 9.60. The average molecular weight is 236 g/mol. The summed E-state index contributed by atoms with van der Waals surface area (Å²) in [6.45, 7) is 4.65. The Morgan fingerprint density at radius 2 is 2.53 bits per heavy atom. The fourth-order valence-electron chi connectivity index (χ4n) is 2.10. The summed E-state index contributed by atoms with van der Waals surface area (Å²) >= 11 is 0. The van der Waals surface area contributed by atoms with Gasteiger partial charge in [-0.25, -0.2) is 0 Å². The van der Waals surface area contributed by atoms with E-state index in [4.69, 9.17) is 4.74 Å². The third kappa shape index (κ3) is 3.68. The SMILES string of the molecule is CC[C@@H](O)CN1CCC(Oc2cccnc2)C1. The molecular formula is C13H20N2O2. The van der Waals surface area contributed by atoms with Crippen molar-refractivity contribution < 1.29 is 9.84 Å². The predicted octanol–water partition coefficient (Wildman–Crippen LogP) is 1.31. The van der Waals surface area contributed by atoms with Crippen LogP contribution in [0.15, 0.2) is 24.5 Å². The molecule has 0 radical (unpaired) electrons. The zero-order chi connectivity index (χ0) is 12.1. The van der Waals surface area contributed by atoms with Crippen molar-refractivity contribution >= 4 is 0 Å². The number of aromatic nitrogens is 1. The molecule has 1 aromatic rings. The van der Waals surface area contributed by atoms with Crippen molar-refractivity contribution in [3.05, 3.63) is 24.5 Å². The van der Waals surface area contributed by atoms with Crippen LogP contribution in [0.2, 0.25) is 0 Å². The van der Waals surface area contributed by atoms with Gasteiger partial charge in [0.1, 0.15) is 11.9 Å². The molecule has 4 heteroatoms. The molecule has 1 fully saturated rings. The molecule has 1 aliphatic rings. The second kappa shape index (κ2) is 5.98. The lowest BCUT2D eigenvalue weighted by Crippen LogP contribution is -2.32. The third-order valence-corrected chi connectivity index (χ3v) is 3.11. The quantitative estimate of drug-likeness (QED) is 0.837. The van der Waals surface area contributed by atoms with Gasteiger partial charge in [-0.1, -0.05) is 6.92 Å². The van der Waals surface area contributed by atoms with Gasteiger partial charge in [-0.15, -0.1) is 0 Å². The molecule has 94 valence electrons. The maximum Gasteiger partial charge on any atom is 0.138 e. The Hall–Kier alpha value is -1.13. The van der Waals surface area contributed by atoms with Crippen molar-refractivity contribution in [3.63, 3.8) is 0 Å². The first-order valence-corrected chi connectivity index (χ1v) is 6.25. The lowest BCUT2D eigenvalue weighted by Gasteiger charge is -2.19. The minimum atomic E-state index is -0.216. The standard InChI is InChI=1S/C13H20N2O2/c1-2-11(16)9-15-7-5-13(10-15)17-12-4-3-6-14-8-12/h3-4,6,8,11,13,16H,2,5,7,9-10H2,1H3/t11-,13?/m1/s1. The molecule has 1 aliphatic heterocycles. The maximum absolute atomic E-state index is 9.60. The van der Waals surface area contributed by atoms with Crippen molar-refractivity contribution in [1.29, 1.82) is 0 Å². The van der Waals surface area contributed by atoms with Crippen molar-refractivity contribution in [2.24, 2.45) is 0 Å². The fraction of sp³-hybridized carbons (Fsp3) is 0.615. The molecule has 0 amide bonds. The number of hydrogen-bond donors (Lipinski definition) is 1. The van der Waals surface area contributed by atoms with Crippen molar-refractivity contribution in [2.75, 3.05) is 19.6 Å². The highest BCUT2D eigenvalue weighted by atomic mass is 16.5. The topological polar surface area (TPSA) is 45.6 Å². The number of β-amino-alcohol motifs (C(OH)–C–C–N with tert-alkyl or cyclic N) is 1. The lowest BCUT2D eigenvalue weighted by molar-refractivity contribution is 0.113. The number of aliphatic hydroxyl groups is 1. The summed E-state index contributed by atoms with van der Waals surface area (Å²) in [7, 11) is 0. The Morgan fingerprint density at radius 1 is 1.65 bits per heavy atom. The van der Waals surface area contributed by atoms with E-state index in [1.165, 1.54) is 0 Å². The zero-order valence-corrected chi connectivity index (χ0v) is 10.2. The van der Waals surface area contributed by atoms with Crippen molar-refractivity contribution in [2.45, 2.75) is 32.0 Å². The van der Waals surface area contributed by atoms with Gasteiger partial charge in [0.15, 0.2) is 0 Å². The van der Waals surface area contributed by atoms with Crippen molar-refractivity contribution in [3.8, 4) is 5.75 Å². The predicted molar refractivity (Wildman–Crippen MR) is 66.0 cm³/mol. The van der Waals surface area contributed by atoms with Crippen LogP contribution in [0.25, 0.3) is 0 Å². The monoisotopic (exact) mass is 236 g/mol. The molecule has 2 atom stereocenters. The molecule has 1 saturated heterocycles. The van der Waals surface area contributed by atoms with E-state index in [0.717, 1.165) is 38.2 Å². The third-order valence-electron chi connectivity index (χ3n) is 3.11. The van der Waals surface area contributed by atoms with Gasteiger partial charge in [0.2, 0.25) is 0 Å². The molecule has 0 saturated carbocycles. The molecule has 2 rings (SSSR count). The number of likely N-dealkylation sites (tertiary alicyclic amines) is 1. The second-order valence-corrected chi connectivity index (χ2v) is 4.54. The van der Waals surface area contributed by atoms with E-state index in [1.54, 1.807) is 12.4 Å². The van der Waals surface area contributed by atoms with E-state index in [0.29, 0.717) is 0 Å². The highest BCUT2D eigenvalue weighted by Crippen LogP contribution is 2.17. The fourth-order valence-corrected chi connectivity index (χ4v) is 2.10. The number of pyridine rings is 1. The van der Waals surface area contributed by atoms with Crippen molar-refractivity contribution in [1.82, 2.24) is 9.88 Å². The summed E-state index contributed by atoms with van der Waals surface area (Å²) in [5.74, 6) is 0.829. The molecule has 0 aromatic carbocycles. The summed E-state index contributed by atoms with van der Waals surface area (Å²) < 4.78 is 5.83. The van der Waals surface area contributed by atoms with Gasteiger partial charge in [-0.05, 0) is 25.0 Å². The molecule has 17 heavy (non-hydrogen) atoms. The summed E-state index contributed by atoms with van der Waals surface area (Å²) in [6.07, 6.45) is 5.32. The molecular weight excluding hydrogens is 216 g/mol. The van der Waals surface area contributed by atoms with Gasteiger partial charge < -0.3 is 9.84 Å². The van der Waals surface area contributed by atoms with E-state index >= 15 is 0 Å². The molecule has 0 spiro atoms. The second-order valence-electron chi connectivity index (χ2n) is 4.54. The lowest BCUT2D eigenvalue weighted by atomic mass is 10.2. The molecule has 0 aliphatic carbocycles. The normalized spacial score (nSPS) is 22.6. The number of ether oxygens (including phenoxy) is 1. The minimum Gasteiger partial charge on any atom is -0.487 e. The molecule has 0 bridgehead atoms. The minimum absolute atomic E-state index is 0.216. The Labute approximate surface area is 102 Å². The van der Waals surface area contributed by atoms with Crippen LogP contribution in [0.3, 0.4) is 0 Å². The van der Waals surface area contributed by atoms with Gasteiger partial charge in [0, 0.05) is 25.8 Å². The summed E-state index contributed by atoms with van der Waals surface area (Å²) in [4.78, 5) is 6.29. The Bertz CT molecular complexity index is 331. The molecule has 1 unspecified atom stereocenters. The smallest absolute Gasteiger partial charge is 0.138 e. The van der Waals surface area contributed by atoms with Crippen LogP contribution in [0, 0.1) is 0 Å². The number of rotatable bonds is 5. The largest absolute Gasteiger partial charge is 0.487 e. The van der Waals surface area contributed by atoms with E-state index in [-0.39, 0.29) is 12.2 Å². The number of aliphatic hydroxyl groups excluding tert-OH is 1. The Morgan fingerprint density at radius 3 is 3.24 bits per heavy atom. The zero-order valence-electron chi connectivity index (χ0n) is 10.2. The van der Waals surface area contributed by atoms with Gasteiger partial charge in [-0.2, -0.15) is 0 Å². The van der Waals surface area contributed by atoms with Crippen LogP contribution in [0.5, 0.6) is 5.75 Å². The Balaban J connectivity index is 1.78. The van der Waals surface area contributed by atoms with Gasteiger partial charge >= 0.3 is 0 Å². The first-order valence-electron chi connectivity index (χ1n) is 6.25. The van der Waals surface area contributed by atoms with Crippen LogP contribution < -0.4 is 4.74 Å². The first kappa shape index (κ1) is 12.3. The number of nitrogens with zero attached hydrogens (tertiary/aromatic N) is 2. The molecule has 1 aromatic heterocycles. The molecule has 2 heterocycles. The summed E-state index contributed by atoms with van der Waals surface area (Å²) in [6, 6.07) is 3.81. The van der Waals surface area contributed by atoms with E-state index in [2.05, 4.69) is 9.88 Å². The summed E-state index contributed by atoms with van der Waals surface area (Å²) in [5.41, 5.74) is 0. The average Bonchev–Trinajstić information content (AvgIpc) is 2.77. The van der Waals surface area contributed by atoms with E-state index in [1.807, 2.05) is 19.1 Å². The summed E-state index contributed by atoms with van der Waals surface area (Å²) in [5, 5.41) is 9.60. The van der Waals surface area contributed by atoms with Gasteiger partial charge in [-0.3, -0.25) is 9.88 Å². The van der Waals surface area contributed by atoms with Crippen LogP contribution in [-0.2, 0) is 0 Å². The van der Waals surface area contributed by atoms with Crippen LogP contribution in [0.4, 0.5) is 0 Å². The highest BCUT2D eigenvalue weighted by Gasteiger charge is 2.25. The first-order chi connectivity index (χ1) is 8.28. The van der Waals surface area contributed by atoms with E-state index in [9.17, 15) is 5.11 Å². The highest BCUT2D eigenvalue weighted by molar-refractivity contribution is 5.16. The van der Waals surface area contributed by atoms with Crippen LogP contribution >= 0.6 is 0 Å². The molecule has 1 N–H and O–H groups in total.